The highest BCUT2D eigenvalue weighted by Gasteiger charge is 2.09. The topological polar surface area (TPSA) is 21.3 Å². The molecule has 1 aromatic heterocycles. The zero-order valence-corrected chi connectivity index (χ0v) is 13.2. The number of hydrogen-bond donors (Lipinski definition) is 1. The lowest BCUT2D eigenvalue weighted by Gasteiger charge is -2.16. The van der Waals surface area contributed by atoms with Crippen LogP contribution < -0.4 is 10.1 Å². The van der Waals surface area contributed by atoms with Crippen molar-refractivity contribution in [1.29, 1.82) is 0 Å². The third kappa shape index (κ3) is 4.36. The van der Waals surface area contributed by atoms with Gasteiger partial charge in [-0.05, 0) is 49.4 Å². The van der Waals surface area contributed by atoms with Gasteiger partial charge in [-0.3, -0.25) is 0 Å². The van der Waals surface area contributed by atoms with Gasteiger partial charge in [-0.15, -0.1) is 11.3 Å². The average molecular weight is 289 g/mol. The molecule has 108 valence electrons. The van der Waals surface area contributed by atoms with E-state index in [0.717, 1.165) is 18.7 Å². The molecule has 0 saturated heterocycles. The van der Waals surface area contributed by atoms with Crippen molar-refractivity contribution in [1.82, 2.24) is 5.32 Å². The van der Waals surface area contributed by atoms with Crippen molar-refractivity contribution in [3.8, 4) is 5.75 Å². The van der Waals surface area contributed by atoms with Crippen molar-refractivity contribution in [2.24, 2.45) is 0 Å². The van der Waals surface area contributed by atoms with E-state index in [1.807, 2.05) is 37.3 Å². The van der Waals surface area contributed by atoms with Crippen LogP contribution in [0.4, 0.5) is 0 Å². The molecule has 1 atom stereocenters. The van der Waals surface area contributed by atoms with Crippen molar-refractivity contribution in [2.45, 2.75) is 45.9 Å². The van der Waals surface area contributed by atoms with Gasteiger partial charge in [-0.2, -0.15) is 0 Å². The van der Waals surface area contributed by atoms with Crippen LogP contribution in [0.25, 0.3) is 0 Å². The second-order valence-corrected chi connectivity index (χ2v) is 6.15. The van der Waals surface area contributed by atoms with Crippen LogP contribution >= 0.6 is 11.3 Å². The average Bonchev–Trinajstić information content (AvgIpc) is 2.95. The maximum absolute atomic E-state index is 5.66. The Labute approximate surface area is 125 Å². The fraction of sp³-hybridized carbons (Fsp3) is 0.412. The molecule has 0 radical (unpaired) electrons. The van der Waals surface area contributed by atoms with Crippen LogP contribution in [0.1, 0.15) is 43.7 Å². The van der Waals surface area contributed by atoms with Crippen LogP contribution in [0.5, 0.6) is 5.75 Å². The summed E-state index contributed by atoms with van der Waals surface area (Å²) in [5.41, 5.74) is 1.29. The molecule has 2 aromatic rings. The Morgan fingerprint density at radius 1 is 1.15 bits per heavy atom. The van der Waals surface area contributed by atoms with E-state index >= 15 is 0 Å². The van der Waals surface area contributed by atoms with Gasteiger partial charge in [0, 0.05) is 17.5 Å². The molecule has 0 fully saturated rings. The molecule has 0 amide bonds. The molecule has 3 heteroatoms. The second-order valence-electron chi connectivity index (χ2n) is 5.17. The van der Waals surface area contributed by atoms with Gasteiger partial charge in [0.05, 0.1) is 6.10 Å². The number of hydrogen-bond acceptors (Lipinski definition) is 3. The van der Waals surface area contributed by atoms with Crippen LogP contribution in [-0.4, -0.2) is 6.10 Å². The summed E-state index contributed by atoms with van der Waals surface area (Å²) in [4.78, 5) is 1.41. The van der Waals surface area contributed by atoms with Gasteiger partial charge in [0.1, 0.15) is 5.75 Å². The first kappa shape index (κ1) is 15.1. The Balaban J connectivity index is 1.90. The fourth-order valence-corrected chi connectivity index (χ4v) is 3.02. The number of rotatable bonds is 7. The van der Waals surface area contributed by atoms with E-state index in [-0.39, 0.29) is 6.10 Å². The highest BCUT2D eigenvalue weighted by Crippen LogP contribution is 2.22. The maximum Gasteiger partial charge on any atom is 0.119 e. The molecular weight excluding hydrogens is 266 g/mol. The molecule has 0 spiro atoms. The van der Waals surface area contributed by atoms with Crippen molar-refractivity contribution in [3.05, 3.63) is 52.2 Å². The molecule has 2 nitrogen and oxygen atoms in total. The molecule has 20 heavy (non-hydrogen) atoms. The summed E-state index contributed by atoms with van der Waals surface area (Å²) < 4.78 is 5.66. The smallest absolute Gasteiger partial charge is 0.119 e. The molecule has 1 N–H and O–H groups in total. The Kier molecular flexibility index (Phi) is 5.62. The first-order chi connectivity index (χ1) is 9.69. The SMILES string of the molecule is CCC(NCc1ccc(OC(C)C)cc1)c1cccs1. The molecule has 2 rings (SSSR count). The highest BCUT2D eigenvalue weighted by atomic mass is 32.1. The molecule has 1 heterocycles. The molecule has 0 aliphatic heterocycles. The van der Waals surface area contributed by atoms with E-state index in [1.165, 1.54) is 10.4 Å². The summed E-state index contributed by atoms with van der Waals surface area (Å²) in [6.45, 7) is 7.19. The minimum atomic E-state index is 0.224. The standard InChI is InChI=1S/C17H23NOS/c1-4-16(17-6-5-11-20-17)18-12-14-7-9-15(10-8-14)19-13(2)3/h5-11,13,16,18H,4,12H2,1-3H3. The molecular formula is C17H23NOS. The highest BCUT2D eigenvalue weighted by molar-refractivity contribution is 7.10. The maximum atomic E-state index is 5.66. The lowest BCUT2D eigenvalue weighted by molar-refractivity contribution is 0.242. The first-order valence-corrected chi connectivity index (χ1v) is 8.09. The summed E-state index contributed by atoms with van der Waals surface area (Å²) in [5, 5.41) is 5.75. The minimum Gasteiger partial charge on any atom is -0.491 e. The monoisotopic (exact) mass is 289 g/mol. The molecule has 0 saturated carbocycles. The third-order valence-electron chi connectivity index (χ3n) is 3.14. The Bertz CT molecular complexity index is 490. The Morgan fingerprint density at radius 2 is 1.90 bits per heavy atom. The zero-order chi connectivity index (χ0) is 14.4. The predicted octanol–water partition coefficient (Wildman–Crippen LogP) is 4.78. The molecule has 0 bridgehead atoms. The van der Waals surface area contributed by atoms with Crippen LogP contribution in [-0.2, 0) is 6.54 Å². The molecule has 1 aromatic carbocycles. The number of thiophene rings is 1. The van der Waals surface area contributed by atoms with E-state index in [1.54, 1.807) is 0 Å². The minimum absolute atomic E-state index is 0.224. The largest absolute Gasteiger partial charge is 0.491 e. The lowest BCUT2D eigenvalue weighted by atomic mass is 10.1. The molecule has 1 unspecified atom stereocenters. The van der Waals surface area contributed by atoms with E-state index in [4.69, 9.17) is 4.74 Å². The zero-order valence-electron chi connectivity index (χ0n) is 12.4. The van der Waals surface area contributed by atoms with Gasteiger partial charge in [0.2, 0.25) is 0 Å². The summed E-state index contributed by atoms with van der Waals surface area (Å²) in [6.07, 6.45) is 1.33. The van der Waals surface area contributed by atoms with E-state index < -0.39 is 0 Å². The van der Waals surface area contributed by atoms with E-state index in [2.05, 4.69) is 41.9 Å². The van der Waals surface area contributed by atoms with E-state index in [9.17, 15) is 0 Å². The fourth-order valence-electron chi connectivity index (χ4n) is 2.13. The van der Waals surface area contributed by atoms with Gasteiger partial charge >= 0.3 is 0 Å². The number of benzene rings is 1. The summed E-state index contributed by atoms with van der Waals surface area (Å²) in [5.74, 6) is 0.939. The Morgan fingerprint density at radius 3 is 2.45 bits per heavy atom. The molecule has 0 aliphatic carbocycles. The van der Waals surface area contributed by atoms with Crippen LogP contribution in [0.2, 0.25) is 0 Å². The molecule has 0 aliphatic rings. The van der Waals surface area contributed by atoms with Crippen molar-refractivity contribution < 1.29 is 4.74 Å². The van der Waals surface area contributed by atoms with Gasteiger partial charge in [-0.1, -0.05) is 25.1 Å². The van der Waals surface area contributed by atoms with E-state index in [0.29, 0.717) is 6.04 Å². The van der Waals surface area contributed by atoms with Gasteiger partial charge < -0.3 is 10.1 Å². The normalized spacial score (nSPS) is 12.6. The third-order valence-corrected chi connectivity index (χ3v) is 4.13. The summed E-state index contributed by atoms with van der Waals surface area (Å²) >= 11 is 1.82. The lowest BCUT2D eigenvalue weighted by Crippen LogP contribution is -2.19. The quantitative estimate of drug-likeness (QED) is 0.792. The van der Waals surface area contributed by atoms with Crippen LogP contribution in [0.3, 0.4) is 0 Å². The van der Waals surface area contributed by atoms with Crippen molar-refractivity contribution in [2.75, 3.05) is 0 Å². The predicted molar refractivity (Wildman–Crippen MR) is 86.4 cm³/mol. The van der Waals surface area contributed by atoms with Crippen LogP contribution in [0, 0.1) is 0 Å². The van der Waals surface area contributed by atoms with Gasteiger partial charge in [0.25, 0.3) is 0 Å². The summed E-state index contributed by atoms with van der Waals surface area (Å²) in [7, 11) is 0. The van der Waals surface area contributed by atoms with Gasteiger partial charge in [-0.25, -0.2) is 0 Å². The second kappa shape index (κ2) is 7.46. The Hall–Kier alpha value is -1.32. The van der Waals surface area contributed by atoms with Crippen LogP contribution in [0.15, 0.2) is 41.8 Å². The number of ether oxygens (including phenoxy) is 1. The van der Waals surface area contributed by atoms with Crippen molar-refractivity contribution in [3.63, 3.8) is 0 Å². The number of nitrogens with one attached hydrogen (secondary N) is 1. The summed E-state index contributed by atoms with van der Waals surface area (Å²) in [6, 6.07) is 13.1. The van der Waals surface area contributed by atoms with Crippen molar-refractivity contribution >= 4 is 11.3 Å². The first-order valence-electron chi connectivity index (χ1n) is 7.21. The van der Waals surface area contributed by atoms with Gasteiger partial charge in [0.15, 0.2) is 0 Å².